The van der Waals surface area contributed by atoms with E-state index in [0.717, 1.165) is 25.3 Å². The van der Waals surface area contributed by atoms with E-state index in [1.165, 1.54) is 12.1 Å². The third-order valence-electron chi connectivity index (χ3n) is 3.97. The maximum absolute atomic E-state index is 13.6. The minimum Gasteiger partial charge on any atom is -0.507 e. The third kappa shape index (κ3) is 2.56. The second-order valence-electron chi connectivity index (χ2n) is 5.36. The highest BCUT2D eigenvalue weighted by atomic mass is 19.1. The van der Waals surface area contributed by atoms with Gasteiger partial charge < -0.3 is 15.5 Å². The molecule has 0 aromatic heterocycles. The van der Waals surface area contributed by atoms with Crippen LogP contribution in [0.25, 0.3) is 0 Å². The van der Waals surface area contributed by atoms with Gasteiger partial charge in [0.05, 0.1) is 6.61 Å². The first-order valence-corrected chi connectivity index (χ1v) is 6.37. The molecule has 0 spiro atoms. The van der Waals surface area contributed by atoms with Crippen molar-refractivity contribution in [2.45, 2.75) is 32.2 Å². The lowest BCUT2D eigenvalue weighted by molar-refractivity contribution is 0.0824. The standard InChI is InChI=1S/C14H18FNO3/c1-14(8-17)7-3-6-11(14)16-13(19)12-9(15)4-2-5-10(12)18/h2,4-5,11,17-18H,3,6-8H2,1H3,(H,16,19)/t11-,14-/m0/s1. The predicted molar refractivity (Wildman–Crippen MR) is 68.4 cm³/mol. The number of aromatic hydroxyl groups is 1. The number of benzene rings is 1. The van der Waals surface area contributed by atoms with Crippen molar-refractivity contribution in [2.24, 2.45) is 5.41 Å². The van der Waals surface area contributed by atoms with Gasteiger partial charge in [0.2, 0.25) is 0 Å². The topological polar surface area (TPSA) is 69.6 Å². The number of carbonyl (C=O) groups is 1. The minimum atomic E-state index is -0.749. The number of aliphatic hydroxyl groups excluding tert-OH is 1. The average molecular weight is 267 g/mol. The van der Waals surface area contributed by atoms with Gasteiger partial charge >= 0.3 is 0 Å². The second-order valence-corrected chi connectivity index (χ2v) is 5.36. The molecule has 0 aliphatic heterocycles. The van der Waals surface area contributed by atoms with E-state index < -0.39 is 11.7 Å². The number of rotatable bonds is 3. The SMILES string of the molecule is C[C@@]1(CO)CCC[C@@H]1NC(=O)c1c(O)cccc1F. The predicted octanol–water partition coefficient (Wildman–Crippen LogP) is 1.81. The van der Waals surface area contributed by atoms with Crippen molar-refractivity contribution < 1.29 is 19.4 Å². The van der Waals surface area contributed by atoms with Crippen molar-refractivity contribution in [3.05, 3.63) is 29.6 Å². The maximum Gasteiger partial charge on any atom is 0.258 e. The van der Waals surface area contributed by atoms with Gasteiger partial charge in [-0.2, -0.15) is 0 Å². The first-order valence-electron chi connectivity index (χ1n) is 6.37. The molecule has 19 heavy (non-hydrogen) atoms. The van der Waals surface area contributed by atoms with Crippen LogP contribution in [-0.2, 0) is 0 Å². The van der Waals surface area contributed by atoms with Crippen LogP contribution in [0.1, 0.15) is 36.5 Å². The molecular weight excluding hydrogens is 249 g/mol. The lowest BCUT2D eigenvalue weighted by Crippen LogP contribution is -2.45. The Kier molecular flexibility index (Phi) is 3.75. The molecule has 2 rings (SSSR count). The summed E-state index contributed by atoms with van der Waals surface area (Å²) in [5.41, 5.74) is -0.717. The molecular formula is C14H18FNO3. The van der Waals surface area contributed by atoms with Crippen LogP contribution < -0.4 is 5.32 Å². The summed E-state index contributed by atoms with van der Waals surface area (Å²) in [4.78, 5) is 12.1. The van der Waals surface area contributed by atoms with Crippen molar-refractivity contribution in [1.82, 2.24) is 5.32 Å². The molecule has 4 nitrogen and oxygen atoms in total. The van der Waals surface area contributed by atoms with Gasteiger partial charge in [-0.3, -0.25) is 4.79 Å². The van der Waals surface area contributed by atoms with Gasteiger partial charge in [-0.25, -0.2) is 4.39 Å². The zero-order valence-corrected chi connectivity index (χ0v) is 10.8. The highest BCUT2D eigenvalue weighted by Crippen LogP contribution is 2.37. The highest BCUT2D eigenvalue weighted by Gasteiger charge is 2.39. The molecule has 1 saturated carbocycles. The number of amides is 1. The fourth-order valence-electron chi connectivity index (χ4n) is 2.64. The normalized spacial score (nSPS) is 26.4. The summed E-state index contributed by atoms with van der Waals surface area (Å²) >= 11 is 0. The molecule has 2 atom stereocenters. The van der Waals surface area contributed by atoms with E-state index >= 15 is 0 Å². The van der Waals surface area contributed by atoms with Crippen molar-refractivity contribution in [1.29, 1.82) is 0 Å². The van der Waals surface area contributed by atoms with Gasteiger partial charge in [-0.1, -0.05) is 19.4 Å². The number of nitrogens with one attached hydrogen (secondary N) is 1. The fraction of sp³-hybridized carbons (Fsp3) is 0.500. The summed E-state index contributed by atoms with van der Waals surface area (Å²) in [7, 11) is 0. The van der Waals surface area contributed by atoms with Gasteiger partial charge in [0.1, 0.15) is 17.1 Å². The molecule has 1 aliphatic carbocycles. The monoisotopic (exact) mass is 267 g/mol. The van der Waals surface area contributed by atoms with Crippen LogP contribution in [0.3, 0.4) is 0 Å². The number of hydrogen-bond donors (Lipinski definition) is 3. The number of phenolic OH excluding ortho intramolecular Hbond substituents is 1. The Morgan fingerprint density at radius 2 is 2.32 bits per heavy atom. The number of aliphatic hydroxyl groups is 1. The molecule has 104 valence electrons. The Morgan fingerprint density at radius 3 is 2.95 bits per heavy atom. The maximum atomic E-state index is 13.6. The fourth-order valence-corrected chi connectivity index (χ4v) is 2.64. The lowest BCUT2D eigenvalue weighted by Gasteiger charge is -2.30. The number of hydrogen-bond acceptors (Lipinski definition) is 3. The quantitative estimate of drug-likeness (QED) is 0.782. The minimum absolute atomic E-state index is 0.0266. The van der Waals surface area contributed by atoms with Crippen molar-refractivity contribution in [2.75, 3.05) is 6.61 Å². The van der Waals surface area contributed by atoms with Gasteiger partial charge in [0.25, 0.3) is 5.91 Å². The van der Waals surface area contributed by atoms with E-state index in [2.05, 4.69) is 5.32 Å². The average Bonchev–Trinajstić information content (AvgIpc) is 2.71. The first kappa shape index (κ1) is 13.8. The Labute approximate surface area is 111 Å². The zero-order chi connectivity index (χ0) is 14.0. The van der Waals surface area contributed by atoms with Gasteiger partial charge in [-0.05, 0) is 25.0 Å². The van der Waals surface area contributed by atoms with Gasteiger partial charge in [0, 0.05) is 11.5 Å². The van der Waals surface area contributed by atoms with E-state index in [9.17, 15) is 19.4 Å². The summed E-state index contributed by atoms with van der Waals surface area (Å²) in [5.74, 6) is -1.76. The molecule has 1 amide bonds. The van der Waals surface area contributed by atoms with Gasteiger partial charge in [-0.15, -0.1) is 0 Å². The van der Waals surface area contributed by atoms with Crippen molar-refractivity contribution in [3.63, 3.8) is 0 Å². The second kappa shape index (κ2) is 5.17. The van der Waals surface area contributed by atoms with Crippen LogP contribution in [-0.4, -0.2) is 28.8 Å². The van der Waals surface area contributed by atoms with Crippen LogP contribution in [0, 0.1) is 11.2 Å². The Morgan fingerprint density at radius 1 is 1.58 bits per heavy atom. The third-order valence-corrected chi connectivity index (χ3v) is 3.97. The van der Waals surface area contributed by atoms with E-state index in [4.69, 9.17) is 0 Å². The molecule has 1 aromatic carbocycles. The van der Waals surface area contributed by atoms with E-state index in [0.29, 0.717) is 0 Å². The molecule has 5 heteroatoms. The Hall–Kier alpha value is -1.62. The largest absolute Gasteiger partial charge is 0.507 e. The Bertz CT molecular complexity index is 471. The zero-order valence-electron chi connectivity index (χ0n) is 10.8. The summed E-state index contributed by atoms with van der Waals surface area (Å²) < 4.78 is 13.6. The smallest absolute Gasteiger partial charge is 0.258 e. The van der Waals surface area contributed by atoms with Crippen LogP contribution >= 0.6 is 0 Å². The molecule has 0 bridgehead atoms. The molecule has 1 aromatic rings. The molecule has 0 heterocycles. The van der Waals surface area contributed by atoms with Crippen LogP contribution in [0.15, 0.2) is 18.2 Å². The first-order chi connectivity index (χ1) is 8.98. The van der Waals surface area contributed by atoms with E-state index in [1.54, 1.807) is 0 Å². The van der Waals surface area contributed by atoms with Gasteiger partial charge in [0.15, 0.2) is 0 Å². The summed E-state index contributed by atoms with van der Waals surface area (Å²) in [5, 5.41) is 21.7. The summed E-state index contributed by atoms with van der Waals surface area (Å²) in [6, 6.07) is 3.55. The molecule has 0 unspecified atom stereocenters. The van der Waals surface area contributed by atoms with Crippen LogP contribution in [0.4, 0.5) is 4.39 Å². The molecule has 1 aliphatic rings. The molecule has 0 radical (unpaired) electrons. The number of phenols is 1. The summed E-state index contributed by atoms with van der Waals surface area (Å²) in [6.07, 6.45) is 2.47. The lowest BCUT2D eigenvalue weighted by atomic mass is 9.85. The Balaban J connectivity index is 2.18. The molecule has 0 saturated heterocycles. The van der Waals surface area contributed by atoms with Crippen molar-refractivity contribution >= 4 is 5.91 Å². The van der Waals surface area contributed by atoms with Crippen LogP contribution in [0.2, 0.25) is 0 Å². The van der Waals surface area contributed by atoms with Crippen LogP contribution in [0.5, 0.6) is 5.75 Å². The van der Waals surface area contributed by atoms with E-state index in [1.807, 2.05) is 6.92 Å². The molecule has 3 N–H and O–H groups in total. The van der Waals surface area contributed by atoms with Crippen molar-refractivity contribution in [3.8, 4) is 5.75 Å². The summed E-state index contributed by atoms with van der Waals surface area (Å²) in [6.45, 7) is 1.87. The molecule has 1 fully saturated rings. The number of carbonyl (C=O) groups excluding carboxylic acids is 1. The number of halogens is 1. The van der Waals surface area contributed by atoms with E-state index in [-0.39, 0.29) is 29.4 Å². The highest BCUT2D eigenvalue weighted by molar-refractivity contribution is 5.97.